The van der Waals surface area contributed by atoms with E-state index in [1.807, 2.05) is 44.2 Å². The van der Waals surface area contributed by atoms with Gasteiger partial charge in [0, 0.05) is 6.04 Å². The monoisotopic (exact) mass is 383 g/mol. The number of benzene rings is 1. The summed E-state index contributed by atoms with van der Waals surface area (Å²) in [5.74, 6) is -0.351. The van der Waals surface area contributed by atoms with Gasteiger partial charge in [-0.15, -0.1) is 0 Å². The highest BCUT2D eigenvalue weighted by atomic mass is 31.2. The molecule has 3 atom stereocenters. The Kier molecular flexibility index (Phi) is 7.03. The third kappa shape index (κ3) is 4.55. The first kappa shape index (κ1) is 21.1. The van der Waals surface area contributed by atoms with E-state index in [0.717, 1.165) is 5.56 Å². The van der Waals surface area contributed by atoms with Gasteiger partial charge in [-0.2, -0.15) is 0 Å². The molecule has 0 radical (unpaired) electrons. The van der Waals surface area contributed by atoms with Crippen LogP contribution in [0.2, 0.25) is 0 Å². The zero-order valence-electron chi connectivity index (χ0n) is 16.2. The predicted molar refractivity (Wildman–Crippen MR) is 101 cm³/mol. The van der Waals surface area contributed by atoms with Crippen molar-refractivity contribution in [3.63, 3.8) is 0 Å². The maximum absolute atomic E-state index is 13.5. The lowest BCUT2D eigenvalue weighted by Crippen LogP contribution is -2.47. The molecule has 6 nitrogen and oxygen atoms in total. The van der Waals surface area contributed by atoms with Gasteiger partial charge in [-0.05, 0) is 46.6 Å². The molecular weight excluding hydrogens is 353 g/mol. The van der Waals surface area contributed by atoms with E-state index in [0.29, 0.717) is 6.42 Å². The molecule has 0 amide bonds. The van der Waals surface area contributed by atoms with Crippen molar-refractivity contribution in [1.82, 2.24) is 5.32 Å². The third-order valence-corrected chi connectivity index (χ3v) is 6.98. The number of rotatable bonds is 8. The summed E-state index contributed by atoms with van der Waals surface area (Å²) >= 11 is 0. The quantitative estimate of drug-likeness (QED) is 0.539. The molecule has 0 aliphatic carbocycles. The molecule has 1 heterocycles. The highest BCUT2D eigenvalue weighted by molar-refractivity contribution is 7.54. The Bertz CT molecular complexity index is 641. The Morgan fingerprint density at radius 2 is 1.81 bits per heavy atom. The first-order chi connectivity index (χ1) is 12.3. The molecule has 1 aromatic carbocycles. The number of ether oxygens (including phenoxy) is 1. The molecule has 1 saturated heterocycles. The van der Waals surface area contributed by atoms with Crippen molar-refractivity contribution in [1.29, 1.82) is 0 Å². The van der Waals surface area contributed by atoms with Crippen molar-refractivity contribution in [3.05, 3.63) is 35.9 Å². The van der Waals surface area contributed by atoms with E-state index in [1.165, 1.54) is 0 Å². The molecule has 0 aromatic heterocycles. The van der Waals surface area contributed by atoms with Gasteiger partial charge in [-0.25, -0.2) is 0 Å². The van der Waals surface area contributed by atoms with Gasteiger partial charge in [0.15, 0.2) is 0 Å². The summed E-state index contributed by atoms with van der Waals surface area (Å²) in [6, 6.07) is 9.33. The van der Waals surface area contributed by atoms with Crippen molar-refractivity contribution >= 4 is 13.6 Å². The van der Waals surface area contributed by atoms with Crippen LogP contribution in [0.15, 0.2) is 30.3 Å². The van der Waals surface area contributed by atoms with Crippen LogP contribution in [0.25, 0.3) is 0 Å². The van der Waals surface area contributed by atoms with E-state index in [2.05, 4.69) is 5.32 Å². The van der Waals surface area contributed by atoms with Crippen LogP contribution in [0.1, 0.15) is 52.6 Å². The summed E-state index contributed by atoms with van der Waals surface area (Å²) in [6.45, 7) is 9.55. The van der Waals surface area contributed by atoms with Crippen LogP contribution in [0, 0.1) is 0 Å². The topological polar surface area (TPSA) is 73.9 Å². The van der Waals surface area contributed by atoms with Gasteiger partial charge in [-0.3, -0.25) is 14.7 Å². The minimum absolute atomic E-state index is 0.221. The van der Waals surface area contributed by atoms with Gasteiger partial charge in [-0.1, -0.05) is 30.3 Å². The van der Waals surface area contributed by atoms with Crippen LogP contribution in [-0.2, 0) is 23.1 Å². The summed E-state index contributed by atoms with van der Waals surface area (Å²) in [7, 11) is -3.41. The number of nitrogens with one attached hydrogen (secondary N) is 1. The Morgan fingerprint density at radius 3 is 2.31 bits per heavy atom. The highest BCUT2D eigenvalue weighted by Gasteiger charge is 2.55. The summed E-state index contributed by atoms with van der Waals surface area (Å²) < 4.78 is 30.1. The largest absolute Gasteiger partial charge is 0.462 e. The van der Waals surface area contributed by atoms with Crippen LogP contribution >= 0.6 is 7.60 Å². The Hall–Kier alpha value is -1.20. The Morgan fingerprint density at radius 1 is 1.23 bits per heavy atom. The van der Waals surface area contributed by atoms with Gasteiger partial charge >= 0.3 is 13.6 Å². The van der Waals surface area contributed by atoms with Crippen molar-refractivity contribution < 1.29 is 23.1 Å². The summed E-state index contributed by atoms with van der Waals surface area (Å²) in [6.07, 6.45) is 0.0935. The lowest BCUT2D eigenvalue weighted by molar-refractivity contribution is -0.154. The fourth-order valence-corrected chi connectivity index (χ4v) is 5.75. The summed E-state index contributed by atoms with van der Waals surface area (Å²) in [4.78, 5) is 12.7. The molecule has 7 heteroatoms. The Labute approximate surface area is 156 Å². The average molecular weight is 383 g/mol. The summed E-state index contributed by atoms with van der Waals surface area (Å²) in [5, 5.41) is 3.35. The molecule has 0 saturated carbocycles. The minimum Gasteiger partial charge on any atom is -0.462 e. The standard InChI is InChI=1S/C19H30NO5P/c1-6-23-26(22,24-7-2)16-13-19(5,18(21)25-14(3)4)20-17(16)15-11-9-8-10-12-15/h8-12,14,16-17,20H,6-7,13H2,1-5H3/t16-,17+,19?/m0/s1. The highest BCUT2D eigenvalue weighted by Crippen LogP contribution is 2.61. The first-order valence-electron chi connectivity index (χ1n) is 9.18. The maximum Gasteiger partial charge on any atom is 0.335 e. The van der Waals surface area contributed by atoms with Crippen molar-refractivity contribution in [3.8, 4) is 0 Å². The van der Waals surface area contributed by atoms with E-state index in [9.17, 15) is 9.36 Å². The zero-order chi connectivity index (χ0) is 19.4. The number of esters is 1. The molecule has 0 spiro atoms. The smallest absolute Gasteiger partial charge is 0.335 e. The molecule has 1 unspecified atom stereocenters. The summed E-state index contributed by atoms with van der Waals surface area (Å²) in [5.41, 5.74) is -0.494. The molecule has 2 rings (SSSR count). The van der Waals surface area contributed by atoms with Gasteiger partial charge < -0.3 is 13.8 Å². The van der Waals surface area contributed by atoms with Gasteiger partial charge in [0.2, 0.25) is 0 Å². The SMILES string of the molecule is CCOP(=O)(OCC)[C@H]1CC(C)(C(=O)OC(C)C)N[C@@H]1c1ccccc1. The molecule has 1 aliphatic heterocycles. The zero-order valence-corrected chi connectivity index (χ0v) is 17.1. The molecule has 1 N–H and O–H groups in total. The molecule has 1 fully saturated rings. The van der Waals surface area contributed by atoms with E-state index in [-0.39, 0.29) is 31.3 Å². The van der Waals surface area contributed by atoms with E-state index >= 15 is 0 Å². The van der Waals surface area contributed by atoms with Crippen LogP contribution in [0.5, 0.6) is 0 Å². The normalized spacial score (nSPS) is 26.2. The van der Waals surface area contributed by atoms with Gasteiger partial charge in [0.25, 0.3) is 0 Å². The molecule has 146 valence electrons. The second kappa shape index (κ2) is 8.66. The lowest BCUT2D eigenvalue weighted by Gasteiger charge is -2.27. The van der Waals surface area contributed by atoms with E-state index < -0.39 is 18.8 Å². The molecular formula is C19H30NO5P. The molecule has 26 heavy (non-hydrogen) atoms. The number of carbonyl (C=O) groups excluding carboxylic acids is 1. The van der Waals surface area contributed by atoms with Crippen molar-refractivity contribution in [2.75, 3.05) is 13.2 Å². The number of hydrogen-bond acceptors (Lipinski definition) is 6. The lowest BCUT2D eigenvalue weighted by atomic mass is 9.99. The second-order valence-electron chi connectivity index (χ2n) is 6.97. The first-order valence-corrected chi connectivity index (χ1v) is 10.8. The van der Waals surface area contributed by atoms with E-state index in [4.69, 9.17) is 13.8 Å². The number of carbonyl (C=O) groups is 1. The number of hydrogen-bond donors (Lipinski definition) is 1. The van der Waals surface area contributed by atoms with Crippen molar-refractivity contribution in [2.24, 2.45) is 0 Å². The van der Waals surface area contributed by atoms with Crippen molar-refractivity contribution in [2.45, 2.75) is 64.4 Å². The Balaban J connectivity index is 2.41. The van der Waals surface area contributed by atoms with Crippen LogP contribution in [0.3, 0.4) is 0 Å². The molecule has 1 aliphatic rings. The maximum atomic E-state index is 13.5. The fourth-order valence-electron chi connectivity index (χ4n) is 3.37. The van der Waals surface area contributed by atoms with Gasteiger partial charge in [0.1, 0.15) is 5.54 Å². The predicted octanol–water partition coefficient (Wildman–Crippen LogP) is 4.07. The van der Waals surface area contributed by atoms with E-state index in [1.54, 1.807) is 20.8 Å². The molecule has 1 aromatic rings. The van der Waals surface area contributed by atoms with Crippen LogP contribution in [0.4, 0.5) is 0 Å². The fraction of sp³-hybridized carbons (Fsp3) is 0.632. The third-order valence-electron chi connectivity index (χ3n) is 4.45. The minimum atomic E-state index is -3.41. The second-order valence-corrected chi connectivity index (χ2v) is 9.23. The van der Waals surface area contributed by atoms with Gasteiger partial charge in [0.05, 0.1) is 25.0 Å². The van der Waals surface area contributed by atoms with Crippen LogP contribution < -0.4 is 5.32 Å². The molecule has 0 bridgehead atoms. The average Bonchev–Trinajstić information content (AvgIpc) is 2.96. The van der Waals surface area contributed by atoms with Crippen LogP contribution in [-0.4, -0.2) is 36.5 Å².